The molecule has 9 nitrogen and oxygen atoms in total. The van der Waals surface area contributed by atoms with Gasteiger partial charge >= 0.3 is 5.69 Å². The highest BCUT2D eigenvalue weighted by Crippen LogP contribution is 2.27. The van der Waals surface area contributed by atoms with E-state index < -0.39 is 0 Å². The summed E-state index contributed by atoms with van der Waals surface area (Å²) >= 11 is 1.45. The summed E-state index contributed by atoms with van der Waals surface area (Å²) in [5.74, 6) is 0. The first kappa shape index (κ1) is 22.7. The van der Waals surface area contributed by atoms with Gasteiger partial charge in [0.05, 0.1) is 31.7 Å². The average Bonchev–Trinajstić information content (AvgIpc) is 3.01. The average molecular weight is 416 g/mol. The quantitative estimate of drug-likeness (QED) is 0.506. The van der Waals surface area contributed by atoms with Gasteiger partial charge in [0.15, 0.2) is 6.29 Å². The first-order valence-corrected chi connectivity index (χ1v) is 9.81. The second-order valence-corrected chi connectivity index (χ2v) is 7.32. The van der Waals surface area contributed by atoms with Crippen LogP contribution >= 0.6 is 11.3 Å². The van der Waals surface area contributed by atoms with E-state index in [-0.39, 0.29) is 30.7 Å². The van der Waals surface area contributed by atoms with Gasteiger partial charge in [-0.25, -0.2) is 4.79 Å². The van der Waals surface area contributed by atoms with Crippen molar-refractivity contribution in [3.63, 3.8) is 0 Å². The molecule has 0 amide bonds. The molecule has 28 heavy (non-hydrogen) atoms. The van der Waals surface area contributed by atoms with Gasteiger partial charge < -0.3 is 24.3 Å². The number of methoxy groups -OCH3 is 4. The molecule has 0 bridgehead atoms. The van der Waals surface area contributed by atoms with Crippen molar-refractivity contribution >= 4 is 21.6 Å². The van der Waals surface area contributed by atoms with Crippen LogP contribution in [0.5, 0.6) is 0 Å². The number of hydrogen-bond donors (Lipinski definition) is 1. The molecule has 2 aromatic heterocycles. The van der Waals surface area contributed by atoms with Crippen molar-refractivity contribution in [1.82, 2.24) is 14.5 Å². The molecular weight excluding hydrogens is 386 g/mol. The van der Waals surface area contributed by atoms with Crippen LogP contribution < -0.4 is 16.6 Å². The topological polar surface area (TPSA) is 93.0 Å². The molecule has 0 aliphatic rings. The van der Waals surface area contributed by atoms with E-state index in [2.05, 4.69) is 5.32 Å². The highest BCUT2D eigenvalue weighted by atomic mass is 32.1. The Morgan fingerprint density at radius 2 is 1.61 bits per heavy atom. The summed E-state index contributed by atoms with van der Waals surface area (Å²) in [6, 6.07) is 0. The molecule has 0 aliphatic heterocycles. The van der Waals surface area contributed by atoms with E-state index in [1.807, 2.05) is 6.92 Å². The molecule has 2 heterocycles. The van der Waals surface area contributed by atoms with Crippen LogP contribution in [-0.2, 0) is 38.6 Å². The van der Waals surface area contributed by atoms with Crippen LogP contribution in [0.3, 0.4) is 0 Å². The van der Waals surface area contributed by atoms with Crippen molar-refractivity contribution in [2.45, 2.75) is 32.8 Å². The predicted molar refractivity (Wildman–Crippen MR) is 108 cm³/mol. The van der Waals surface area contributed by atoms with Gasteiger partial charge in [0, 0.05) is 46.4 Å². The number of thiophene rings is 1. The predicted octanol–water partition coefficient (Wildman–Crippen LogP) is 0.534. The highest BCUT2D eigenvalue weighted by molar-refractivity contribution is 7.18. The minimum Gasteiger partial charge on any atom is -0.383 e. The maximum absolute atomic E-state index is 13.0. The van der Waals surface area contributed by atoms with Crippen molar-refractivity contribution < 1.29 is 18.9 Å². The Kier molecular flexibility index (Phi) is 8.80. The molecule has 0 saturated carbocycles. The second kappa shape index (κ2) is 10.8. The molecule has 1 N–H and O–H groups in total. The lowest BCUT2D eigenvalue weighted by Gasteiger charge is -2.13. The van der Waals surface area contributed by atoms with Crippen molar-refractivity contribution in [2.24, 2.45) is 0 Å². The highest BCUT2D eigenvalue weighted by Gasteiger charge is 2.20. The molecule has 10 heteroatoms. The number of fused-ring (bicyclic) bond motifs is 1. The molecule has 2 rings (SSSR count). The van der Waals surface area contributed by atoms with E-state index >= 15 is 0 Å². The normalized spacial score (nSPS) is 11.8. The standard InChI is InChI=1S/C18H29N3O6S/c1-12-13(10-19-11-14(26-4)27-5)28-17-15(12)16(22)20(6-8-24-2)18(23)21(17)7-9-25-3/h14,19H,6-11H2,1-5H3. The summed E-state index contributed by atoms with van der Waals surface area (Å²) in [6.07, 6.45) is -0.346. The molecule has 0 unspecified atom stereocenters. The maximum Gasteiger partial charge on any atom is 0.332 e. The molecule has 0 fully saturated rings. The minimum absolute atomic E-state index is 0.212. The summed E-state index contributed by atoms with van der Waals surface area (Å²) in [5, 5.41) is 3.84. The van der Waals surface area contributed by atoms with Gasteiger partial charge in [0.25, 0.3) is 5.56 Å². The zero-order valence-corrected chi connectivity index (χ0v) is 17.9. The largest absolute Gasteiger partial charge is 0.383 e. The first-order chi connectivity index (χ1) is 13.5. The van der Waals surface area contributed by atoms with E-state index in [9.17, 15) is 9.59 Å². The van der Waals surface area contributed by atoms with Crippen LogP contribution in [0, 0.1) is 6.92 Å². The Hall–Kier alpha value is -1.56. The van der Waals surface area contributed by atoms with Crippen molar-refractivity contribution in [2.75, 3.05) is 48.2 Å². The van der Waals surface area contributed by atoms with Crippen molar-refractivity contribution in [3.8, 4) is 0 Å². The fourth-order valence-electron chi connectivity index (χ4n) is 2.94. The molecule has 0 radical (unpaired) electrons. The Bertz CT molecular complexity index is 884. The van der Waals surface area contributed by atoms with Crippen molar-refractivity contribution in [1.29, 1.82) is 0 Å². The molecule has 158 valence electrons. The van der Waals surface area contributed by atoms with Gasteiger partial charge in [0.2, 0.25) is 0 Å². The number of nitrogens with one attached hydrogen (secondary N) is 1. The zero-order chi connectivity index (χ0) is 20.7. The van der Waals surface area contributed by atoms with Crippen LogP contribution in [-0.4, -0.2) is 63.6 Å². The lowest BCUT2D eigenvalue weighted by Crippen LogP contribution is -2.41. The van der Waals surface area contributed by atoms with Crippen molar-refractivity contribution in [3.05, 3.63) is 31.3 Å². The Morgan fingerprint density at radius 3 is 2.18 bits per heavy atom. The summed E-state index contributed by atoms with van der Waals surface area (Å²) < 4.78 is 23.4. The number of ether oxygens (including phenoxy) is 4. The smallest absolute Gasteiger partial charge is 0.332 e. The van der Waals surface area contributed by atoms with E-state index in [0.717, 1.165) is 10.4 Å². The van der Waals surface area contributed by atoms with E-state index in [1.165, 1.54) is 15.9 Å². The van der Waals surface area contributed by atoms with Gasteiger partial charge in [-0.2, -0.15) is 0 Å². The minimum atomic E-state index is -0.346. The first-order valence-electron chi connectivity index (χ1n) is 8.99. The third-order valence-electron chi connectivity index (χ3n) is 4.55. The number of aryl methyl sites for hydroxylation is 1. The van der Waals surface area contributed by atoms with E-state index in [0.29, 0.717) is 36.5 Å². The van der Waals surface area contributed by atoms with Crippen LogP contribution in [0.15, 0.2) is 9.59 Å². The monoisotopic (exact) mass is 415 g/mol. The van der Waals surface area contributed by atoms with E-state index in [1.54, 1.807) is 33.0 Å². The molecule has 0 saturated heterocycles. The summed E-state index contributed by atoms with van der Waals surface area (Å²) in [5.41, 5.74) is 0.254. The molecule has 0 atom stereocenters. The third-order valence-corrected chi connectivity index (χ3v) is 5.87. The maximum atomic E-state index is 13.0. The summed E-state index contributed by atoms with van der Waals surface area (Å²) in [7, 11) is 6.29. The number of rotatable bonds is 12. The zero-order valence-electron chi connectivity index (χ0n) is 17.1. The number of nitrogens with zero attached hydrogens (tertiary/aromatic N) is 2. The molecule has 2 aromatic rings. The van der Waals surface area contributed by atoms with Crippen LogP contribution in [0.2, 0.25) is 0 Å². The lowest BCUT2D eigenvalue weighted by atomic mass is 10.2. The second-order valence-electron chi connectivity index (χ2n) is 6.24. The number of aromatic nitrogens is 2. The Balaban J connectivity index is 2.47. The van der Waals surface area contributed by atoms with Gasteiger partial charge in [-0.3, -0.25) is 13.9 Å². The van der Waals surface area contributed by atoms with E-state index in [4.69, 9.17) is 18.9 Å². The molecule has 0 aromatic carbocycles. The van der Waals surface area contributed by atoms with Crippen LogP contribution in [0.25, 0.3) is 10.2 Å². The Morgan fingerprint density at radius 1 is 1.00 bits per heavy atom. The molecule has 0 spiro atoms. The Labute approximate surface area is 167 Å². The van der Waals surface area contributed by atoms with Crippen LogP contribution in [0.1, 0.15) is 10.4 Å². The van der Waals surface area contributed by atoms with Gasteiger partial charge in [-0.15, -0.1) is 11.3 Å². The number of hydrogen-bond acceptors (Lipinski definition) is 8. The summed E-state index contributed by atoms with van der Waals surface area (Å²) in [6.45, 7) is 4.22. The SMILES string of the molecule is COCCn1c(=O)c2c(C)c(CNCC(OC)OC)sc2n(CCOC)c1=O. The fourth-order valence-corrected chi connectivity index (χ4v) is 4.22. The summed E-state index contributed by atoms with van der Waals surface area (Å²) in [4.78, 5) is 27.6. The molecule has 0 aliphatic carbocycles. The lowest BCUT2D eigenvalue weighted by molar-refractivity contribution is -0.0988. The van der Waals surface area contributed by atoms with Gasteiger partial charge in [0.1, 0.15) is 4.83 Å². The third kappa shape index (κ3) is 4.88. The fraction of sp³-hybridized carbons (Fsp3) is 0.667. The van der Waals surface area contributed by atoms with Gasteiger partial charge in [-0.1, -0.05) is 0 Å². The van der Waals surface area contributed by atoms with Gasteiger partial charge in [-0.05, 0) is 12.5 Å². The molecular formula is C18H29N3O6S. The van der Waals surface area contributed by atoms with Crippen LogP contribution in [0.4, 0.5) is 0 Å².